The zero-order chi connectivity index (χ0) is 32.9. The Bertz CT molecular complexity index is 725. The van der Waals surface area contributed by atoms with E-state index in [1.54, 1.807) is 0 Å². The molecule has 1 unspecified atom stereocenters. The first-order valence-electron chi connectivity index (χ1n) is 16.8. The molecule has 0 spiro atoms. The van der Waals surface area contributed by atoms with E-state index in [4.69, 9.17) is 19.6 Å². The van der Waals surface area contributed by atoms with Crippen LogP contribution in [0.5, 0.6) is 0 Å². The largest absolute Gasteiger partial charge is 0.395 e. The van der Waals surface area contributed by atoms with Gasteiger partial charge in [-0.05, 0) is 31.2 Å². The standard InChI is InChI=1S/C33H60O4.H4O5P2/c1-2-3-4-5-12-15-21-26-33(37,32(28-34,29-35)30-36)27-22-16-13-10-8-6-7-9-11-14-18-23-31-24-19-17-20-25-31;1-6(2)5-7(3)4/h17,19-20,24-25,34-37H,2-16,18,21-23,26-30H2,1H3;1-4H. The van der Waals surface area contributed by atoms with E-state index in [0.717, 1.165) is 38.5 Å². The lowest BCUT2D eigenvalue weighted by Crippen LogP contribution is -2.55. The molecule has 0 bridgehead atoms. The first kappa shape index (κ1) is 43.7. The van der Waals surface area contributed by atoms with Gasteiger partial charge in [0.1, 0.15) is 0 Å². The second-order valence-electron chi connectivity index (χ2n) is 12.1. The SMILES string of the molecule is CCCCCCCCCC(O)(CCCCCCCCCCCCCc1ccccc1)C(CO)(CO)CO.OP(O)OP(O)O. The molecular formula is C33H64O9P2. The smallest absolute Gasteiger partial charge is 0.334 e. The number of hydrogen-bond donors (Lipinski definition) is 8. The van der Waals surface area contributed by atoms with E-state index in [9.17, 15) is 20.4 Å². The van der Waals surface area contributed by atoms with Crippen molar-refractivity contribution in [2.75, 3.05) is 19.8 Å². The Morgan fingerprint density at radius 3 is 1.25 bits per heavy atom. The molecule has 0 heterocycles. The van der Waals surface area contributed by atoms with Crippen LogP contribution >= 0.6 is 17.2 Å². The van der Waals surface area contributed by atoms with Gasteiger partial charge in [0.15, 0.2) is 0 Å². The van der Waals surface area contributed by atoms with Crippen LogP contribution in [0.2, 0.25) is 0 Å². The predicted octanol–water partition coefficient (Wildman–Crippen LogP) is 7.17. The molecule has 0 radical (unpaired) electrons. The van der Waals surface area contributed by atoms with Crippen LogP contribution in [0.4, 0.5) is 0 Å². The van der Waals surface area contributed by atoms with Crippen molar-refractivity contribution < 1.29 is 44.3 Å². The fourth-order valence-electron chi connectivity index (χ4n) is 5.67. The average Bonchev–Trinajstić information content (AvgIpc) is 3.00. The second kappa shape index (κ2) is 28.9. The van der Waals surface area contributed by atoms with Gasteiger partial charge in [-0.1, -0.05) is 146 Å². The van der Waals surface area contributed by atoms with E-state index in [1.165, 1.54) is 89.0 Å². The molecule has 44 heavy (non-hydrogen) atoms. The third kappa shape index (κ3) is 21.5. The molecule has 9 nitrogen and oxygen atoms in total. The molecule has 0 aromatic heterocycles. The van der Waals surface area contributed by atoms with Crippen LogP contribution in [0.25, 0.3) is 0 Å². The Morgan fingerprint density at radius 1 is 0.545 bits per heavy atom. The fourth-order valence-corrected chi connectivity index (χ4v) is 6.19. The second-order valence-corrected chi connectivity index (χ2v) is 13.8. The van der Waals surface area contributed by atoms with Gasteiger partial charge in [-0.25, -0.2) is 4.31 Å². The summed E-state index contributed by atoms with van der Waals surface area (Å²) >= 11 is 0. The van der Waals surface area contributed by atoms with E-state index in [0.29, 0.717) is 12.8 Å². The van der Waals surface area contributed by atoms with E-state index >= 15 is 0 Å². The summed E-state index contributed by atoms with van der Waals surface area (Å²) in [7, 11) is -5.22. The summed E-state index contributed by atoms with van der Waals surface area (Å²) in [4.78, 5) is 31.3. The molecule has 0 saturated carbocycles. The Labute approximate surface area is 269 Å². The van der Waals surface area contributed by atoms with Crippen molar-refractivity contribution in [1.82, 2.24) is 0 Å². The topological polar surface area (TPSA) is 171 Å². The molecule has 0 amide bonds. The minimum atomic E-state index is -2.61. The van der Waals surface area contributed by atoms with E-state index < -0.39 is 28.2 Å². The highest BCUT2D eigenvalue weighted by Gasteiger charge is 2.48. The number of aliphatic hydroxyl groups is 4. The Balaban J connectivity index is 0.00000234. The van der Waals surface area contributed by atoms with Gasteiger partial charge in [-0.2, -0.15) is 0 Å². The van der Waals surface area contributed by atoms with Crippen LogP contribution in [0, 0.1) is 5.41 Å². The molecule has 11 heteroatoms. The maximum Gasteiger partial charge on any atom is 0.334 e. The molecule has 0 aliphatic rings. The molecule has 0 aliphatic heterocycles. The number of rotatable bonds is 28. The minimum absolute atomic E-state index is 0.390. The van der Waals surface area contributed by atoms with Crippen molar-refractivity contribution in [2.45, 2.75) is 147 Å². The minimum Gasteiger partial charge on any atom is -0.395 e. The number of aryl methyl sites for hydroxylation is 1. The van der Waals surface area contributed by atoms with Crippen LogP contribution in [-0.4, -0.2) is 65.4 Å². The third-order valence-corrected chi connectivity index (χ3v) is 9.80. The lowest BCUT2D eigenvalue weighted by atomic mass is 9.68. The Morgan fingerprint density at radius 2 is 0.909 bits per heavy atom. The molecule has 0 aliphatic carbocycles. The van der Waals surface area contributed by atoms with Gasteiger partial charge in [0.25, 0.3) is 0 Å². The van der Waals surface area contributed by atoms with Gasteiger partial charge in [0.05, 0.1) is 30.8 Å². The van der Waals surface area contributed by atoms with Crippen molar-refractivity contribution in [3.05, 3.63) is 35.9 Å². The van der Waals surface area contributed by atoms with Gasteiger partial charge in [0, 0.05) is 0 Å². The zero-order valence-electron chi connectivity index (χ0n) is 27.2. The molecule has 0 fully saturated rings. The van der Waals surface area contributed by atoms with Gasteiger partial charge < -0.3 is 40.0 Å². The third-order valence-electron chi connectivity index (χ3n) is 8.63. The van der Waals surface area contributed by atoms with E-state index in [2.05, 4.69) is 41.6 Å². The predicted molar refractivity (Wildman–Crippen MR) is 181 cm³/mol. The van der Waals surface area contributed by atoms with Gasteiger partial charge in [-0.15, -0.1) is 0 Å². The summed E-state index contributed by atoms with van der Waals surface area (Å²) in [6, 6.07) is 10.8. The normalized spacial score (nSPS) is 13.2. The number of unbranched alkanes of at least 4 members (excludes halogenated alkanes) is 16. The quantitative estimate of drug-likeness (QED) is 0.0341. The summed E-state index contributed by atoms with van der Waals surface area (Å²) in [5, 5.41) is 41.4. The van der Waals surface area contributed by atoms with Gasteiger partial charge >= 0.3 is 17.2 Å². The van der Waals surface area contributed by atoms with E-state index in [1.807, 2.05) is 0 Å². The van der Waals surface area contributed by atoms with Crippen LogP contribution in [0.3, 0.4) is 0 Å². The Hall–Kier alpha value is -0.280. The summed E-state index contributed by atoms with van der Waals surface area (Å²) in [6.45, 7) is 1.05. The fraction of sp³-hybridized carbons (Fsp3) is 0.818. The zero-order valence-corrected chi connectivity index (χ0v) is 29.0. The summed E-state index contributed by atoms with van der Waals surface area (Å²) in [6.07, 6.45) is 23.9. The van der Waals surface area contributed by atoms with Crippen LogP contribution < -0.4 is 0 Å². The number of aliphatic hydroxyl groups excluding tert-OH is 3. The molecule has 8 N–H and O–H groups in total. The van der Waals surface area contributed by atoms with Crippen molar-refractivity contribution in [3.8, 4) is 0 Å². The first-order chi connectivity index (χ1) is 21.2. The average molecular weight is 667 g/mol. The highest BCUT2D eigenvalue weighted by molar-refractivity contribution is 7.53. The monoisotopic (exact) mass is 666 g/mol. The molecule has 1 aromatic carbocycles. The molecular weight excluding hydrogens is 602 g/mol. The van der Waals surface area contributed by atoms with Crippen LogP contribution in [0.1, 0.15) is 141 Å². The Kier molecular flexibility index (Phi) is 28.7. The van der Waals surface area contributed by atoms with Crippen molar-refractivity contribution >= 4 is 17.2 Å². The molecule has 1 aromatic rings. The lowest BCUT2D eigenvalue weighted by Gasteiger charge is -2.44. The highest BCUT2D eigenvalue weighted by Crippen LogP contribution is 2.42. The maximum atomic E-state index is 11.5. The van der Waals surface area contributed by atoms with Crippen LogP contribution in [0.15, 0.2) is 30.3 Å². The van der Waals surface area contributed by atoms with Crippen LogP contribution in [-0.2, 0) is 10.7 Å². The lowest BCUT2D eigenvalue weighted by molar-refractivity contribution is -0.162. The number of hydrogen-bond acceptors (Lipinski definition) is 9. The molecule has 0 saturated heterocycles. The first-order valence-corrected chi connectivity index (χ1v) is 19.2. The molecule has 1 rings (SSSR count). The van der Waals surface area contributed by atoms with Gasteiger partial charge in [-0.3, -0.25) is 0 Å². The molecule has 260 valence electrons. The highest BCUT2D eigenvalue weighted by atomic mass is 31.2. The van der Waals surface area contributed by atoms with Crippen molar-refractivity contribution in [2.24, 2.45) is 5.41 Å². The van der Waals surface area contributed by atoms with E-state index in [-0.39, 0.29) is 19.8 Å². The summed E-state index contributed by atoms with van der Waals surface area (Å²) < 4.78 is 3.60. The summed E-state index contributed by atoms with van der Waals surface area (Å²) in [5.41, 5.74) is -0.987. The van der Waals surface area contributed by atoms with Gasteiger partial charge in [0.2, 0.25) is 0 Å². The van der Waals surface area contributed by atoms with Crippen molar-refractivity contribution in [3.63, 3.8) is 0 Å². The molecule has 1 atom stereocenters. The number of benzene rings is 1. The summed E-state index contributed by atoms with van der Waals surface area (Å²) in [5.74, 6) is 0. The van der Waals surface area contributed by atoms with Crippen molar-refractivity contribution in [1.29, 1.82) is 0 Å². The maximum absolute atomic E-state index is 11.5.